The first-order valence-corrected chi connectivity index (χ1v) is 6.43. The van der Waals surface area contributed by atoms with Crippen LogP contribution in [0, 0.1) is 11.6 Å². The van der Waals surface area contributed by atoms with Gasteiger partial charge in [0.1, 0.15) is 17.3 Å². The second-order valence-electron chi connectivity index (χ2n) is 5.09. The van der Waals surface area contributed by atoms with Crippen LogP contribution in [0.2, 0.25) is 0 Å². The standard InChI is InChI=1S/C15H14F2N2O/c1-19-6-2-3-14(19)15(20)18-13-8-11(13)10-5-4-9(16)7-12(10)17/h2-7,11,13H,8H2,1H3,(H,18,20). The van der Waals surface area contributed by atoms with Crippen molar-refractivity contribution >= 4 is 5.91 Å². The summed E-state index contributed by atoms with van der Waals surface area (Å²) in [6.45, 7) is 0. The van der Waals surface area contributed by atoms with E-state index in [-0.39, 0.29) is 17.9 Å². The van der Waals surface area contributed by atoms with E-state index in [9.17, 15) is 13.6 Å². The first-order chi connectivity index (χ1) is 9.56. The molecule has 0 radical (unpaired) electrons. The molecule has 104 valence electrons. The van der Waals surface area contributed by atoms with Crippen molar-refractivity contribution in [2.24, 2.45) is 7.05 Å². The summed E-state index contributed by atoms with van der Waals surface area (Å²) in [5.74, 6) is -1.38. The second-order valence-corrected chi connectivity index (χ2v) is 5.09. The SMILES string of the molecule is Cn1cccc1C(=O)NC1CC1c1ccc(F)cc1F. The third-order valence-corrected chi connectivity index (χ3v) is 3.65. The van der Waals surface area contributed by atoms with Gasteiger partial charge in [0.2, 0.25) is 0 Å². The lowest BCUT2D eigenvalue weighted by Gasteiger charge is -2.06. The van der Waals surface area contributed by atoms with Crippen molar-refractivity contribution in [3.8, 4) is 0 Å². The van der Waals surface area contributed by atoms with E-state index in [1.165, 1.54) is 12.1 Å². The zero-order valence-electron chi connectivity index (χ0n) is 10.9. The van der Waals surface area contributed by atoms with Gasteiger partial charge in [0.25, 0.3) is 5.91 Å². The highest BCUT2D eigenvalue weighted by Crippen LogP contribution is 2.42. The van der Waals surface area contributed by atoms with E-state index in [4.69, 9.17) is 0 Å². The highest BCUT2D eigenvalue weighted by molar-refractivity contribution is 5.93. The summed E-state index contributed by atoms with van der Waals surface area (Å²) in [5, 5.41) is 2.87. The van der Waals surface area contributed by atoms with E-state index in [1.807, 2.05) is 0 Å². The van der Waals surface area contributed by atoms with Crippen molar-refractivity contribution in [2.45, 2.75) is 18.4 Å². The molecule has 3 nitrogen and oxygen atoms in total. The number of aromatic nitrogens is 1. The molecule has 1 amide bonds. The molecular weight excluding hydrogens is 262 g/mol. The van der Waals surface area contributed by atoms with Gasteiger partial charge in [0, 0.05) is 31.3 Å². The Bertz CT molecular complexity index is 666. The maximum absolute atomic E-state index is 13.6. The van der Waals surface area contributed by atoms with Crippen molar-refractivity contribution < 1.29 is 13.6 Å². The summed E-state index contributed by atoms with van der Waals surface area (Å²) < 4.78 is 28.2. The average Bonchev–Trinajstić information content (AvgIpc) is 2.98. The molecule has 1 aliphatic rings. The van der Waals surface area contributed by atoms with Crippen LogP contribution < -0.4 is 5.32 Å². The molecule has 1 aromatic heterocycles. The lowest BCUT2D eigenvalue weighted by atomic mass is 10.1. The summed E-state index contributed by atoms with van der Waals surface area (Å²) in [7, 11) is 1.79. The lowest BCUT2D eigenvalue weighted by molar-refractivity contribution is 0.0942. The van der Waals surface area contributed by atoms with Crippen molar-refractivity contribution in [1.29, 1.82) is 0 Å². The average molecular weight is 276 g/mol. The van der Waals surface area contributed by atoms with Crippen LogP contribution in [0.15, 0.2) is 36.5 Å². The number of hydrogen-bond donors (Lipinski definition) is 1. The van der Waals surface area contributed by atoms with Crippen molar-refractivity contribution in [3.63, 3.8) is 0 Å². The lowest BCUT2D eigenvalue weighted by Crippen LogP contribution is -2.28. The van der Waals surface area contributed by atoms with E-state index >= 15 is 0 Å². The van der Waals surface area contributed by atoms with Gasteiger partial charge in [-0.25, -0.2) is 8.78 Å². The van der Waals surface area contributed by atoms with Gasteiger partial charge in [-0.1, -0.05) is 6.07 Å². The molecule has 2 atom stereocenters. The highest BCUT2D eigenvalue weighted by Gasteiger charge is 2.41. The summed E-state index contributed by atoms with van der Waals surface area (Å²) in [5.41, 5.74) is 1.03. The molecule has 1 aliphatic carbocycles. The minimum atomic E-state index is -0.587. The monoisotopic (exact) mass is 276 g/mol. The van der Waals surface area contributed by atoms with Crippen LogP contribution in [0.5, 0.6) is 0 Å². The van der Waals surface area contributed by atoms with Crippen LogP contribution in [-0.2, 0) is 7.05 Å². The van der Waals surface area contributed by atoms with E-state index in [0.29, 0.717) is 17.7 Å². The Kier molecular flexibility index (Phi) is 3.04. The number of amides is 1. The summed E-state index contributed by atoms with van der Waals surface area (Å²) in [6, 6.07) is 7.00. The molecule has 0 bridgehead atoms. The number of rotatable bonds is 3. The quantitative estimate of drug-likeness (QED) is 0.918. The molecule has 1 fully saturated rings. The van der Waals surface area contributed by atoms with E-state index < -0.39 is 11.6 Å². The Morgan fingerprint density at radius 3 is 2.80 bits per heavy atom. The molecule has 0 aliphatic heterocycles. The predicted molar refractivity (Wildman–Crippen MR) is 70.4 cm³/mol. The molecule has 5 heteroatoms. The van der Waals surface area contributed by atoms with Gasteiger partial charge in [0.15, 0.2) is 0 Å². The first kappa shape index (κ1) is 12.8. The Hall–Kier alpha value is -2.17. The highest BCUT2D eigenvalue weighted by atomic mass is 19.1. The van der Waals surface area contributed by atoms with E-state index in [1.54, 1.807) is 29.9 Å². The molecule has 3 rings (SSSR count). The zero-order valence-corrected chi connectivity index (χ0v) is 10.9. The molecule has 1 N–H and O–H groups in total. The Morgan fingerprint density at radius 1 is 1.35 bits per heavy atom. The third kappa shape index (κ3) is 2.31. The molecule has 0 spiro atoms. The largest absolute Gasteiger partial charge is 0.347 e. The number of nitrogens with one attached hydrogen (secondary N) is 1. The number of nitrogens with zero attached hydrogens (tertiary/aromatic N) is 1. The molecule has 1 aromatic carbocycles. The molecular formula is C15H14F2N2O. The zero-order chi connectivity index (χ0) is 14.3. The molecule has 1 heterocycles. The minimum Gasteiger partial charge on any atom is -0.347 e. The van der Waals surface area contributed by atoms with Crippen LogP contribution >= 0.6 is 0 Å². The molecule has 2 aromatic rings. The number of hydrogen-bond acceptors (Lipinski definition) is 1. The smallest absolute Gasteiger partial charge is 0.268 e. The fourth-order valence-electron chi connectivity index (χ4n) is 2.44. The van der Waals surface area contributed by atoms with Crippen molar-refractivity contribution in [2.75, 3.05) is 0 Å². The first-order valence-electron chi connectivity index (χ1n) is 6.43. The molecule has 20 heavy (non-hydrogen) atoms. The number of carbonyl (C=O) groups excluding carboxylic acids is 1. The van der Waals surface area contributed by atoms with Gasteiger partial charge < -0.3 is 9.88 Å². The van der Waals surface area contributed by atoms with Crippen molar-refractivity contribution in [3.05, 3.63) is 59.4 Å². The van der Waals surface area contributed by atoms with Gasteiger partial charge in [-0.15, -0.1) is 0 Å². The van der Waals surface area contributed by atoms with Gasteiger partial charge >= 0.3 is 0 Å². The maximum Gasteiger partial charge on any atom is 0.268 e. The van der Waals surface area contributed by atoms with Crippen LogP contribution in [-0.4, -0.2) is 16.5 Å². The van der Waals surface area contributed by atoms with Crippen LogP contribution in [0.3, 0.4) is 0 Å². The summed E-state index contributed by atoms with van der Waals surface area (Å²) >= 11 is 0. The van der Waals surface area contributed by atoms with Gasteiger partial charge in [-0.05, 0) is 30.2 Å². The molecule has 0 saturated heterocycles. The Morgan fingerprint density at radius 2 is 2.15 bits per heavy atom. The normalized spacial score (nSPS) is 20.8. The molecule has 2 unspecified atom stereocenters. The van der Waals surface area contributed by atoms with E-state index in [0.717, 1.165) is 6.07 Å². The summed E-state index contributed by atoms with van der Waals surface area (Å²) in [6.07, 6.45) is 2.47. The number of carbonyl (C=O) groups is 1. The fourth-order valence-corrected chi connectivity index (χ4v) is 2.44. The van der Waals surface area contributed by atoms with Gasteiger partial charge in [0.05, 0.1) is 0 Å². The third-order valence-electron chi connectivity index (χ3n) is 3.65. The Labute approximate surface area is 115 Å². The number of halogens is 2. The van der Waals surface area contributed by atoms with Crippen LogP contribution in [0.25, 0.3) is 0 Å². The number of benzene rings is 1. The van der Waals surface area contributed by atoms with Crippen LogP contribution in [0.1, 0.15) is 28.4 Å². The van der Waals surface area contributed by atoms with Gasteiger partial charge in [-0.2, -0.15) is 0 Å². The second kappa shape index (κ2) is 4.74. The maximum atomic E-state index is 13.6. The summed E-state index contributed by atoms with van der Waals surface area (Å²) in [4.78, 5) is 12.0. The topological polar surface area (TPSA) is 34.0 Å². The van der Waals surface area contributed by atoms with Gasteiger partial charge in [-0.3, -0.25) is 4.79 Å². The predicted octanol–water partition coefficient (Wildman–Crippen LogP) is 2.59. The molecule has 1 saturated carbocycles. The van der Waals surface area contributed by atoms with Crippen LogP contribution in [0.4, 0.5) is 8.78 Å². The minimum absolute atomic E-state index is 0.0696. The van der Waals surface area contributed by atoms with E-state index in [2.05, 4.69) is 5.32 Å². The fraction of sp³-hybridized carbons (Fsp3) is 0.267. The Balaban J connectivity index is 1.68. The number of aryl methyl sites for hydroxylation is 1. The van der Waals surface area contributed by atoms with Crippen molar-refractivity contribution in [1.82, 2.24) is 9.88 Å².